The summed E-state index contributed by atoms with van der Waals surface area (Å²) in [6, 6.07) is 0. The van der Waals surface area contributed by atoms with E-state index in [0.29, 0.717) is 13.2 Å². The number of nitrogens with two attached hydrogens (primary N) is 1. The third kappa shape index (κ3) is 9.53. The van der Waals surface area contributed by atoms with E-state index in [1.54, 1.807) is 7.11 Å². The summed E-state index contributed by atoms with van der Waals surface area (Å²) in [4.78, 5) is 2.43. The number of rotatable bonds is 11. The molecule has 0 saturated carbocycles. The van der Waals surface area contributed by atoms with Crippen molar-refractivity contribution < 1.29 is 9.47 Å². The van der Waals surface area contributed by atoms with Crippen molar-refractivity contribution in [1.82, 2.24) is 4.90 Å². The predicted octanol–water partition coefficient (Wildman–Crippen LogP) is 1.35. The molecular formula is C13H30N2O2. The van der Waals surface area contributed by atoms with Gasteiger partial charge in [-0.3, -0.25) is 0 Å². The molecule has 0 heterocycles. The highest BCUT2D eigenvalue weighted by Gasteiger charge is 2.19. The zero-order valence-corrected chi connectivity index (χ0v) is 12.0. The molecule has 0 saturated heterocycles. The molecule has 0 atom stereocenters. The Morgan fingerprint density at radius 3 is 2.35 bits per heavy atom. The molecule has 17 heavy (non-hydrogen) atoms. The van der Waals surface area contributed by atoms with Gasteiger partial charge in [0.05, 0.1) is 19.8 Å². The summed E-state index contributed by atoms with van der Waals surface area (Å²) < 4.78 is 10.4. The summed E-state index contributed by atoms with van der Waals surface area (Å²) in [5, 5.41) is 0. The minimum atomic E-state index is 0.182. The average molecular weight is 246 g/mol. The van der Waals surface area contributed by atoms with Crippen LogP contribution in [0.5, 0.6) is 0 Å². The van der Waals surface area contributed by atoms with E-state index in [1.807, 2.05) is 0 Å². The first-order valence-electron chi connectivity index (χ1n) is 6.55. The molecule has 0 aliphatic heterocycles. The topological polar surface area (TPSA) is 47.7 Å². The molecule has 0 aromatic carbocycles. The molecule has 0 aliphatic rings. The van der Waals surface area contributed by atoms with E-state index in [1.165, 1.54) is 6.42 Å². The largest absolute Gasteiger partial charge is 0.382 e. The van der Waals surface area contributed by atoms with E-state index < -0.39 is 0 Å². The van der Waals surface area contributed by atoms with Crippen molar-refractivity contribution in [1.29, 1.82) is 0 Å². The molecule has 4 nitrogen and oxygen atoms in total. The Hall–Kier alpha value is -0.160. The van der Waals surface area contributed by atoms with Crippen LogP contribution in [0.3, 0.4) is 0 Å². The van der Waals surface area contributed by atoms with Gasteiger partial charge in [0.1, 0.15) is 0 Å². The van der Waals surface area contributed by atoms with E-state index in [9.17, 15) is 0 Å². The molecule has 0 aromatic heterocycles. The fourth-order valence-electron chi connectivity index (χ4n) is 1.69. The number of methoxy groups -OCH3 is 1. The van der Waals surface area contributed by atoms with E-state index in [0.717, 1.165) is 32.8 Å². The van der Waals surface area contributed by atoms with Crippen molar-refractivity contribution in [2.75, 3.05) is 53.1 Å². The van der Waals surface area contributed by atoms with Crippen LogP contribution in [0.4, 0.5) is 0 Å². The van der Waals surface area contributed by atoms with E-state index >= 15 is 0 Å². The van der Waals surface area contributed by atoms with Crippen LogP contribution in [0.1, 0.15) is 27.2 Å². The lowest BCUT2D eigenvalue weighted by Gasteiger charge is -2.31. The molecule has 0 aromatic rings. The van der Waals surface area contributed by atoms with Crippen molar-refractivity contribution in [3.8, 4) is 0 Å². The molecule has 2 N–H and O–H groups in total. The number of nitrogens with zero attached hydrogens (tertiary/aromatic N) is 1. The molecular weight excluding hydrogens is 216 g/mol. The van der Waals surface area contributed by atoms with Crippen LogP contribution >= 0.6 is 0 Å². The molecule has 0 unspecified atom stereocenters. The molecule has 0 rings (SSSR count). The van der Waals surface area contributed by atoms with Crippen molar-refractivity contribution in [2.45, 2.75) is 27.2 Å². The highest BCUT2D eigenvalue weighted by atomic mass is 16.5. The molecule has 0 aliphatic carbocycles. The van der Waals surface area contributed by atoms with Crippen LogP contribution in [-0.4, -0.2) is 58.0 Å². The zero-order valence-electron chi connectivity index (χ0n) is 12.0. The predicted molar refractivity (Wildman–Crippen MR) is 72.3 cm³/mol. The lowest BCUT2D eigenvalue weighted by molar-refractivity contribution is 0.0511. The Morgan fingerprint density at radius 1 is 1.12 bits per heavy atom. The fourth-order valence-corrected chi connectivity index (χ4v) is 1.69. The Morgan fingerprint density at radius 2 is 1.82 bits per heavy atom. The first-order chi connectivity index (χ1) is 8.05. The van der Waals surface area contributed by atoms with Crippen LogP contribution in [0, 0.1) is 5.41 Å². The van der Waals surface area contributed by atoms with Gasteiger partial charge in [0.2, 0.25) is 0 Å². The number of hydrogen-bond acceptors (Lipinski definition) is 4. The standard InChI is InChI=1S/C13H30N2O2/c1-5-6-15(12-13(2,3)11-14)7-8-17-10-9-16-4/h5-12,14H2,1-4H3. The van der Waals surface area contributed by atoms with Gasteiger partial charge in [-0.25, -0.2) is 0 Å². The molecule has 0 bridgehead atoms. The van der Waals surface area contributed by atoms with Crippen molar-refractivity contribution in [2.24, 2.45) is 11.1 Å². The molecule has 4 heteroatoms. The van der Waals surface area contributed by atoms with Gasteiger partial charge in [0.15, 0.2) is 0 Å². The van der Waals surface area contributed by atoms with Gasteiger partial charge >= 0.3 is 0 Å². The van der Waals surface area contributed by atoms with Crippen LogP contribution in [0.15, 0.2) is 0 Å². The second-order valence-electron chi connectivity index (χ2n) is 5.25. The van der Waals surface area contributed by atoms with Gasteiger partial charge in [-0.05, 0) is 24.9 Å². The molecule has 0 spiro atoms. The van der Waals surface area contributed by atoms with Gasteiger partial charge in [-0.15, -0.1) is 0 Å². The van der Waals surface area contributed by atoms with Gasteiger partial charge in [0.25, 0.3) is 0 Å². The van der Waals surface area contributed by atoms with Gasteiger partial charge in [-0.1, -0.05) is 20.8 Å². The highest BCUT2D eigenvalue weighted by molar-refractivity contribution is 4.74. The highest BCUT2D eigenvalue weighted by Crippen LogP contribution is 2.14. The van der Waals surface area contributed by atoms with Crippen LogP contribution in [0.25, 0.3) is 0 Å². The van der Waals surface area contributed by atoms with Crippen molar-refractivity contribution in [3.63, 3.8) is 0 Å². The molecule has 0 amide bonds. The third-order valence-electron chi connectivity index (χ3n) is 2.73. The Bertz CT molecular complexity index is 175. The van der Waals surface area contributed by atoms with Gasteiger partial charge < -0.3 is 20.1 Å². The summed E-state index contributed by atoms with van der Waals surface area (Å²) >= 11 is 0. The van der Waals surface area contributed by atoms with E-state index in [-0.39, 0.29) is 5.41 Å². The summed E-state index contributed by atoms with van der Waals surface area (Å²) in [7, 11) is 1.69. The second-order valence-corrected chi connectivity index (χ2v) is 5.25. The smallest absolute Gasteiger partial charge is 0.0700 e. The van der Waals surface area contributed by atoms with E-state index in [2.05, 4.69) is 25.7 Å². The summed E-state index contributed by atoms with van der Waals surface area (Å²) in [6.45, 7) is 12.6. The fraction of sp³-hybridized carbons (Fsp3) is 1.00. The minimum absolute atomic E-state index is 0.182. The van der Waals surface area contributed by atoms with Crippen LogP contribution in [-0.2, 0) is 9.47 Å². The summed E-state index contributed by atoms with van der Waals surface area (Å²) in [5.74, 6) is 0. The molecule has 104 valence electrons. The normalized spacial score (nSPS) is 12.4. The molecule has 0 fully saturated rings. The zero-order chi connectivity index (χ0) is 13.1. The monoisotopic (exact) mass is 246 g/mol. The number of ether oxygens (including phenoxy) is 2. The Labute approximate surface area is 106 Å². The van der Waals surface area contributed by atoms with E-state index in [4.69, 9.17) is 15.2 Å². The first-order valence-corrected chi connectivity index (χ1v) is 6.55. The lowest BCUT2D eigenvalue weighted by atomic mass is 9.93. The van der Waals surface area contributed by atoms with Crippen LogP contribution < -0.4 is 5.73 Å². The quantitative estimate of drug-likeness (QED) is 0.559. The van der Waals surface area contributed by atoms with Gasteiger partial charge in [0, 0.05) is 20.2 Å². The summed E-state index contributed by atoms with van der Waals surface area (Å²) in [6.07, 6.45) is 1.17. The lowest BCUT2D eigenvalue weighted by Crippen LogP contribution is -2.40. The Balaban J connectivity index is 3.82. The maximum Gasteiger partial charge on any atom is 0.0700 e. The maximum absolute atomic E-state index is 5.77. The second kappa shape index (κ2) is 9.83. The SMILES string of the molecule is CCCN(CCOCCOC)CC(C)(C)CN. The molecule has 0 radical (unpaired) electrons. The third-order valence-corrected chi connectivity index (χ3v) is 2.73. The van der Waals surface area contributed by atoms with Gasteiger partial charge in [-0.2, -0.15) is 0 Å². The van der Waals surface area contributed by atoms with Crippen molar-refractivity contribution >= 4 is 0 Å². The first kappa shape index (κ1) is 16.8. The minimum Gasteiger partial charge on any atom is -0.382 e. The average Bonchev–Trinajstić information content (AvgIpc) is 2.28. The maximum atomic E-state index is 5.77. The van der Waals surface area contributed by atoms with Crippen LogP contribution in [0.2, 0.25) is 0 Å². The Kier molecular flexibility index (Phi) is 9.74. The summed E-state index contributed by atoms with van der Waals surface area (Å²) in [5.41, 5.74) is 5.95. The number of hydrogen-bond donors (Lipinski definition) is 1. The van der Waals surface area contributed by atoms with Crippen molar-refractivity contribution in [3.05, 3.63) is 0 Å².